The van der Waals surface area contributed by atoms with Crippen LogP contribution < -0.4 is 9.62 Å². The number of carbonyl (C=O) groups is 1. The lowest BCUT2D eigenvalue weighted by Crippen LogP contribution is -2.47. The average Bonchev–Trinajstić information content (AvgIpc) is 2.60. The Bertz CT molecular complexity index is 893. The van der Waals surface area contributed by atoms with Gasteiger partial charge in [-0.1, -0.05) is 57.2 Å². The summed E-state index contributed by atoms with van der Waals surface area (Å²) in [6.07, 6.45) is 1.49. The van der Waals surface area contributed by atoms with E-state index < -0.39 is 16.1 Å². The van der Waals surface area contributed by atoms with Gasteiger partial charge in [-0.15, -0.1) is 0 Å². The molecular formula is C21H28N2O3S. The van der Waals surface area contributed by atoms with E-state index in [0.717, 1.165) is 23.1 Å². The standard InChI is InChI=1S/C21H28N2O3S/c1-6-19(23(27(5,25)26)17-12-8-7-9-13-17)21(24)22-20-16(4)11-10-14-18(20)15(2)3/h7-15,19H,6H2,1-5H3,(H,22,24). The third-order valence-corrected chi connectivity index (χ3v) is 5.70. The Kier molecular flexibility index (Phi) is 6.65. The molecule has 146 valence electrons. The molecular weight excluding hydrogens is 360 g/mol. The van der Waals surface area contributed by atoms with E-state index in [0.29, 0.717) is 12.1 Å². The Hall–Kier alpha value is -2.34. The largest absolute Gasteiger partial charge is 0.324 e. The number of nitrogens with zero attached hydrogens (tertiary/aromatic N) is 1. The van der Waals surface area contributed by atoms with Crippen LogP contribution in [0.2, 0.25) is 0 Å². The molecule has 0 aromatic heterocycles. The van der Waals surface area contributed by atoms with Gasteiger partial charge in [-0.05, 0) is 42.5 Å². The molecule has 0 saturated carbocycles. The summed E-state index contributed by atoms with van der Waals surface area (Å²) in [6.45, 7) is 7.88. The van der Waals surface area contributed by atoms with Gasteiger partial charge in [-0.25, -0.2) is 8.42 Å². The Morgan fingerprint density at radius 1 is 1.07 bits per heavy atom. The van der Waals surface area contributed by atoms with E-state index in [1.54, 1.807) is 24.3 Å². The number of anilines is 2. The maximum absolute atomic E-state index is 13.1. The third kappa shape index (κ3) is 4.89. The van der Waals surface area contributed by atoms with Crippen LogP contribution in [0.5, 0.6) is 0 Å². The first kappa shape index (κ1) is 21.0. The average molecular weight is 389 g/mol. The molecule has 0 aliphatic rings. The second kappa shape index (κ2) is 8.57. The first-order valence-electron chi connectivity index (χ1n) is 9.11. The summed E-state index contributed by atoms with van der Waals surface area (Å²) in [6, 6.07) is 13.8. The van der Waals surface area contributed by atoms with Gasteiger partial charge in [0, 0.05) is 5.69 Å². The minimum absolute atomic E-state index is 0.236. The van der Waals surface area contributed by atoms with Gasteiger partial charge < -0.3 is 5.32 Å². The van der Waals surface area contributed by atoms with Crippen LogP contribution in [0.1, 0.15) is 44.2 Å². The number of benzene rings is 2. The van der Waals surface area contributed by atoms with Gasteiger partial charge in [0.1, 0.15) is 6.04 Å². The number of aryl methyl sites for hydroxylation is 1. The van der Waals surface area contributed by atoms with E-state index >= 15 is 0 Å². The van der Waals surface area contributed by atoms with Crippen LogP contribution in [0.3, 0.4) is 0 Å². The summed E-state index contributed by atoms with van der Waals surface area (Å²) in [4.78, 5) is 13.1. The number of hydrogen-bond acceptors (Lipinski definition) is 3. The minimum Gasteiger partial charge on any atom is -0.324 e. The van der Waals surface area contributed by atoms with Crippen LogP contribution in [-0.4, -0.2) is 26.6 Å². The van der Waals surface area contributed by atoms with Gasteiger partial charge >= 0.3 is 0 Å². The first-order valence-corrected chi connectivity index (χ1v) is 11.0. The van der Waals surface area contributed by atoms with Crippen molar-refractivity contribution in [1.29, 1.82) is 0 Å². The van der Waals surface area contributed by atoms with E-state index in [1.807, 2.05) is 38.1 Å². The predicted octanol–water partition coefficient (Wildman–Crippen LogP) is 4.30. The topological polar surface area (TPSA) is 66.5 Å². The maximum atomic E-state index is 13.1. The molecule has 5 nitrogen and oxygen atoms in total. The van der Waals surface area contributed by atoms with E-state index in [9.17, 15) is 13.2 Å². The minimum atomic E-state index is -3.63. The summed E-state index contributed by atoms with van der Waals surface area (Å²) in [5, 5.41) is 2.99. The lowest BCUT2D eigenvalue weighted by molar-refractivity contribution is -0.117. The fourth-order valence-corrected chi connectivity index (χ4v) is 4.40. The van der Waals surface area contributed by atoms with Gasteiger partial charge in [0.2, 0.25) is 15.9 Å². The second-order valence-electron chi connectivity index (χ2n) is 7.00. The van der Waals surface area contributed by atoms with Crippen molar-refractivity contribution in [3.05, 3.63) is 59.7 Å². The normalized spacial score (nSPS) is 12.7. The zero-order valence-corrected chi connectivity index (χ0v) is 17.4. The van der Waals surface area contributed by atoms with Crippen LogP contribution in [0.4, 0.5) is 11.4 Å². The van der Waals surface area contributed by atoms with Crippen molar-refractivity contribution in [3.63, 3.8) is 0 Å². The Balaban J connectivity index is 2.44. The molecule has 0 aliphatic heterocycles. The SMILES string of the molecule is CCC(C(=O)Nc1c(C)cccc1C(C)C)N(c1ccccc1)S(C)(=O)=O. The van der Waals surface area contributed by atoms with Gasteiger partial charge in [0.15, 0.2) is 0 Å². The molecule has 0 fully saturated rings. The number of hydrogen-bond donors (Lipinski definition) is 1. The Morgan fingerprint density at radius 3 is 2.22 bits per heavy atom. The second-order valence-corrected chi connectivity index (χ2v) is 8.86. The molecule has 1 N–H and O–H groups in total. The highest BCUT2D eigenvalue weighted by atomic mass is 32.2. The lowest BCUT2D eigenvalue weighted by atomic mass is 9.98. The molecule has 1 unspecified atom stereocenters. The molecule has 2 aromatic carbocycles. The molecule has 2 rings (SSSR count). The van der Waals surface area contributed by atoms with E-state index in [4.69, 9.17) is 0 Å². The highest BCUT2D eigenvalue weighted by molar-refractivity contribution is 7.92. The van der Waals surface area contributed by atoms with Gasteiger partial charge in [0.25, 0.3) is 0 Å². The fraction of sp³-hybridized carbons (Fsp3) is 0.381. The van der Waals surface area contributed by atoms with Crippen LogP contribution in [0.15, 0.2) is 48.5 Å². The molecule has 0 heterocycles. The lowest BCUT2D eigenvalue weighted by Gasteiger charge is -2.30. The van der Waals surface area contributed by atoms with Crippen molar-refractivity contribution in [2.45, 2.75) is 46.1 Å². The Labute approximate surface area is 162 Å². The summed E-state index contributed by atoms with van der Waals surface area (Å²) in [7, 11) is -3.63. The molecule has 0 aliphatic carbocycles. The van der Waals surface area contributed by atoms with Crippen molar-refractivity contribution in [1.82, 2.24) is 0 Å². The monoisotopic (exact) mass is 388 g/mol. The number of sulfonamides is 1. The summed E-state index contributed by atoms with van der Waals surface area (Å²) >= 11 is 0. The van der Waals surface area contributed by atoms with Gasteiger partial charge in [0.05, 0.1) is 11.9 Å². The molecule has 0 bridgehead atoms. The van der Waals surface area contributed by atoms with Crippen LogP contribution in [0, 0.1) is 6.92 Å². The number of nitrogens with one attached hydrogen (secondary N) is 1. The third-order valence-electron chi connectivity index (χ3n) is 4.52. The van der Waals surface area contributed by atoms with Crippen molar-refractivity contribution in [2.24, 2.45) is 0 Å². The number of amides is 1. The highest BCUT2D eigenvalue weighted by Crippen LogP contribution is 2.29. The summed E-state index contributed by atoms with van der Waals surface area (Å²) in [5.74, 6) is -0.0941. The van der Waals surface area contributed by atoms with Crippen molar-refractivity contribution in [3.8, 4) is 0 Å². The zero-order valence-electron chi connectivity index (χ0n) is 16.6. The summed E-state index contributed by atoms with van der Waals surface area (Å²) in [5.41, 5.74) is 3.23. The molecule has 1 atom stereocenters. The molecule has 2 aromatic rings. The first-order chi connectivity index (χ1) is 12.7. The Morgan fingerprint density at radius 2 is 1.70 bits per heavy atom. The van der Waals surface area contributed by atoms with Crippen molar-refractivity contribution in [2.75, 3.05) is 15.9 Å². The molecule has 0 radical (unpaired) electrons. The van der Waals surface area contributed by atoms with E-state index in [1.165, 1.54) is 4.31 Å². The van der Waals surface area contributed by atoms with E-state index in [2.05, 4.69) is 19.2 Å². The fourth-order valence-electron chi connectivity index (χ4n) is 3.18. The summed E-state index contributed by atoms with van der Waals surface area (Å²) < 4.78 is 26.2. The number of carbonyl (C=O) groups excluding carboxylic acids is 1. The van der Waals surface area contributed by atoms with E-state index in [-0.39, 0.29) is 11.8 Å². The molecule has 6 heteroatoms. The van der Waals surface area contributed by atoms with Crippen molar-refractivity contribution < 1.29 is 13.2 Å². The quantitative estimate of drug-likeness (QED) is 0.769. The molecule has 0 spiro atoms. The van der Waals surface area contributed by atoms with Crippen LogP contribution >= 0.6 is 0 Å². The van der Waals surface area contributed by atoms with Crippen molar-refractivity contribution >= 4 is 27.3 Å². The van der Waals surface area contributed by atoms with Gasteiger partial charge in [-0.2, -0.15) is 0 Å². The highest BCUT2D eigenvalue weighted by Gasteiger charge is 2.32. The van der Waals surface area contributed by atoms with Crippen LogP contribution in [0.25, 0.3) is 0 Å². The number of rotatable bonds is 7. The molecule has 0 saturated heterocycles. The van der Waals surface area contributed by atoms with Gasteiger partial charge in [-0.3, -0.25) is 9.10 Å². The number of para-hydroxylation sites is 2. The smallest absolute Gasteiger partial charge is 0.248 e. The predicted molar refractivity (Wildman–Crippen MR) is 112 cm³/mol. The zero-order chi connectivity index (χ0) is 20.2. The molecule has 27 heavy (non-hydrogen) atoms. The maximum Gasteiger partial charge on any atom is 0.248 e. The van der Waals surface area contributed by atoms with Crippen LogP contribution in [-0.2, 0) is 14.8 Å². The molecule has 1 amide bonds.